The molecule has 1 aliphatic heterocycles. The van der Waals surface area contributed by atoms with Crippen molar-refractivity contribution in [3.8, 4) is 0 Å². The molecule has 1 aliphatic rings. The van der Waals surface area contributed by atoms with Crippen molar-refractivity contribution in [3.63, 3.8) is 0 Å². The van der Waals surface area contributed by atoms with Crippen molar-refractivity contribution in [1.29, 1.82) is 0 Å². The molecule has 70 valence electrons. The highest BCUT2D eigenvalue weighted by molar-refractivity contribution is 8.17. The van der Waals surface area contributed by atoms with Gasteiger partial charge in [0.1, 0.15) is 0 Å². The van der Waals surface area contributed by atoms with Gasteiger partial charge < -0.3 is 4.72 Å². The van der Waals surface area contributed by atoms with Crippen LogP contribution in [0.25, 0.3) is 0 Å². The molecule has 0 aromatic carbocycles. The minimum absolute atomic E-state index is 1.11. The third-order valence-electron chi connectivity index (χ3n) is 1.37. The molecule has 0 fully saturated rings. The fraction of sp³-hybridized carbons (Fsp3) is 0.556. The summed E-state index contributed by atoms with van der Waals surface area (Å²) in [6.07, 6.45) is 2.12. The van der Waals surface area contributed by atoms with E-state index in [2.05, 4.69) is 30.1 Å². The Bertz CT molecular complexity index is 173. The first-order valence-corrected chi connectivity index (χ1v) is 6.21. The lowest BCUT2D eigenvalue weighted by Gasteiger charge is -2.13. The molecule has 3 heteroatoms. The van der Waals surface area contributed by atoms with Gasteiger partial charge in [0.05, 0.1) is 10.8 Å². The summed E-state index contributed by atoms with van der Waals surface area (Å²) in [4.78, 5) is 0. The normalized spacial score (nSPS) is 17.0. The lowest BCUT2D eigenvalue weighted by molar-refractivity contribution is 1.20. The van der Waals surface area contributed by atoms with Crippen molar-refractivity contribution in [2.75, 3.05) is 5.08 Å². The second kappa shape index (κ2) is 7.62. The Hall–Kier alpha value is -0.0200. The first kappa shape index (κ1) is 12.0. The van der Waals surface area contributed by atoms with E-state index in [4.69, 9.17) is 0 Å². The van der Waals surface area contributed by atoms with E-state index in [-0.39, 0.29) is 0 Å². The van der Waals surface area contributed by atoms with Crippen molar-refractivity contribution in [2.24, 2.45) is 0 Å². The Morgan fingerprint density at radius 2 is 2.25 bits per heavy atom. The Labute approximate surface area is 84.2 Å². The maximum absolute atomic E-state index is 3.26. The molecule has 1 N–H and O–H groups in total. The molecule has 1 heterocycles. The van der Waals surface area contributed by atoms with Crippen LogP contribution >= 0.6 is 23.7 Å². The fourth-order valence-corrected chi connectivity index (χ4v) is 2.25. The Morgan fingerprint density at radius 3 is 2.67 bits per heavy atom. The van der Waals surface area contributed by atoms with Gasteiger partial charge in [0.15, 0.2) is 0 Å². The third-order valence-corrected chi connectivity index (χ3v) is 3.15. The predicted molar refractivity (Wildman–Crippen MR) is 62.0 cm³/mol. The van der Waals surface area contributed by atoms with E-state index < -0.39 is 0 Å². The SMILES string of the molecule is C/C=C(\C)C1=CSCSN1.CC. The molecule has 0 bridgehead atoms. The van der Waals surface area contributed by atoms with Crippen LogP contribution in [-0.2, 0) is 0 Å². The lowest BCUT2D eigenvalue weighted by atomic mass is 10.2. The maximum atomic E-state index is 3.26. The van der Waals surface area contributed by atoms with Crippen LogP contribution in [0.1, 0.15) is 27.7 Å². The number of rotatable bonds is 1. The van der Waals surface area contributed by atoms with Crippen LogP contribution in [0.2, 0.25) is 0 Å². The summed E-state index contributed by atoms with van der Waals surface area (Å²) in [5.74, 6) is 0. The second-order valence-electron chi connectivity index (χ2n) is 2.03. The first-order valence-electron chi connectivity index (χ1n) is 4.17. The number of nitrogens with one attached hydrogen (secondary N) is 1. The largest absolute Gasteiger partial charge is 0.328 e. The highest BCUT2D eigenvalue weighted by Crippen LogP contribution is 2.23. The summed E-state index contributed by atoms with van der Waals surface area (Å²) in [5, 5.41) is 3.28. The fourth-order valence-electron chi connectivity index (χ4n) is 0.612. The molecule has 1 rings (SSSR count). The zero-order chi connectivity index (χ0) is 9.40. The van der Waals surface area contributed by atoms with Gasteiger partial charge in [-0.05, 0) is 36.8 Å². The lowest BCUT2D eigenvalue weighted by Crippen LogP contribution is -2.07. The van der Waals surface area contributed by atoms with E-state index in [9.17, 15) is 0 Å². The van der Waals surface area contributed by atoms with Gasteiger partial charge in [-0.1, -0.05) is 19.9 Å². The Balaban J connectivity index is 0.000000561. The van der Waals surface area contributed by atoms with Crippen LogP contribution in [-0.4, -0.2) is 5.08 Å². The van der Waals surface area contributed by atoms with Gasteiger partial charge in [0.2, 0.25) is 0 Å². The molecule has 12 heavy (non-hydrogen) atoms. The Kier molecular flexibility index (Phi) is 7.61. The first-order chi connectivity index (χ1) is 5.84. The quantitative estimate of drug-likeness (QED) is 0.652. The molecule has 0 saturated heterocycles. The maximum Gasteiger partial charge on any atom is 0.0632 e. The van der Waals surface area contributed by atoms with E-state index >= 15 is 0 Å². The molecule has 0 unspecified atom stereocenters. The predicted octanol–water partition coefficient (Wildman–Crippen LogP) is 3.76. The number of thioether (sulfide) groups is 1. The highest BCUT2D eigenvalue weighted by Gasteiger charge is 2.02. The van der Waals surface area contributed by atoms with Crippen LogP contribution in [0.3, 0.4) is 0 Å². The van der Waals surface area contributed by atoms with Crippen LogP contribution in [0.5, 0.6) is 0 Å². The number of hydrogen-bond donors (Lipinski definition) is 1. The monoisotopic (exact) mass is 203 g/mol. The summed E-state index contributed by atoms with van der Waals surface area (Å²) >= 11 is 3.59. The van der Waals surface area contributed by atoms with Gasteiger partial charge in [0, 0.05) is 0 Å². The Morgan fingerprint density at radius 1 is 1.58 bits per heavy atom. The summed E-state index contributed by atoms with van der Waals surface area (Å²) < 4.78 is 3.26. The van der Waals surface area contributed by atoms with Crippen molar-refractivity contribution in [2.45, 2.75) is 27.7 Å². The molecule has 0 spiro atoms. The molecule has 1 nitrogen and oxygen atoms in total. The zero-order valence-corrected chi connectivity index (χ0v) is 9.81. The molecule has 0 radical (unpaired) electrons. The molecule has 0 aliphatic carbocycles. The standard InChI is InChI=1S/C7H11NS2.C2H6/c1-3-6(2)7-4-9-5-10-8-7;1-2/h3-4,8H,5H2,1-2H3;1-2H3/b6-3+;. The second-order valence-corrected chi connectivity index (χ2v) is 4.04. The number of allylic oxidation sites excluding steroid dienone is 2. The van der Waals surface area contributed by atoms with E-state index in [0.29, 0.717) is 0 Å². The smallest absolute Gasteiger partial charge is 0.0632 e. The molecule has 0 aromatic rings. The van der Waals surface area contributed by atoms with E-state index in [1.165, 1.54) is 11.3 Å². The van der Waals surface area contributed by atoms with Crippen LogP contribution < -0.4 is 4.72 Å². The molecular weight excluding hydrogens is 186 g/mol. The van der Waals surface area contributed by atoms with Crippen LogP contribution in [0, 0.1) is 0 Å². The van der Waals surface area contributed by atoms with Crippen LogP contribution in [0.15, 0.2) is 22.8 Å². The van der Waals surface area contributed by atoms with Crippen molar-refractivity contribution in [1.82, 2.24) is 4.72 Å². The molecule has 0 saturated carbocycles. The minimum Gasteiger partial charge on any atom is -0.328 e. The average molecular weight is 203 g/mol. The van der Waals surface area contributed by atoms with E-state index in [0.717, 1.165) is 5.08 Å². The summed E-state index contributed by atoms with van der Waals surface area (Å²) in [7, 11) is 0. The summed E-state index contributed by atoms with van der Waals surface area (Å²) in [6, 6.07) is 0. The molecular formula is C9H17NS2. The van der Waals surface area contributed by atoms with Gasteiger partial charge in [-0.15, -0.1) is 11.8 Å². The summed E-state index contributed by atoms with van der Waals surface area (Å²) in [6.45, 7) is 8.17. The summed E-state index contributed by atoms with van der Waals surface area (Å²) in [5.41, 5.74) is 2.57. The van der Waals surface area contributed by atoms with E-state index in [1.807, 2.05) is 25.6 Å². The third kappa shape index (κ3) is 4.12. The number of hydrogen-bond acceptors (Lipinski definition) is 3. The topological polar surface area (TPSA) is 12.0 Å². The van der Waals surface area contributed by atoms with Gasteiger partial charge in [0.25, 0.3) is 0 Å². The molecule has 0 amide bonds. The van der Waals surface area contributed by atoms with E-state index in [1.54, 1.807) is 11.9 Å². The van der Waals surface area contributed by atoms with Crippen molar-refractivity contribution >= 4 is 23.7 Å². The van der Waals surface area contributed by atoms with Crippen molar-refractivity contribution < 1.29 is 0 Å². The van der Waals surface area contributed by atoms with Gasteiger partial charge in [-0.2, -0.15) is 0 Å². The minimum atomic E-state index is 1.11. The van der Waals surface area contributed by atoms with Crippen molar-refractivity contribution in [3.05, 3.63) is 22.8 Å². The van der Waals surface area contributed by atoms with Gasteiger partial charge in [-0.3, -0.25) is 0 Å². The van der Waals surface area contributed by atoms with Crippen LogP contribution in [0.4, 0.5) is 0 Å². The molecule has 0 aromatic heterocycles. The average Bonchev–Trinajstić information content (AvgIpc) is 2.21. The van der Waals surface area contributed by atoms with Gasteiger partial charge in [-0.25, -0.2) is 0 Å². The molecule has 0 atom stereocenters. The van der Waals surface area contributed by atoms with Gasteiger partial charge >= 0.3 is 0 Å². The zero-order valence-electron chi connectivity index (χ0n) is 8.18. The highest BCUT2D eigenvalue weighted by atomic mass is 32.2.